The molecule has 0 aromatic heterocycles. The van der Waals surface area contributed by atoms with Gasteiger partial charge in [-0.2, -0.15) is 5.26 Å². The van der Waals surface area contributed by atoms with Crippen molar-refractivity contribution in [2.24, 2.45) is 11.8 Å². The molecule has 2 N–H and O–H groups in total. The van der Waals surface area contributed by atoms with E-state index in [2.05, 4.69) is 10.6 Å². The Kier molecular flexibility index (Phi) is 4.93. The normalized spacial score (nSPS) is 18.1. The lowest BCUT2D eigenvalue weighted by atomic mass is 10.2. The molecule has 3 rings (SSSR count). The lowest BCUT2D eigenvalue weighted by Gasteiger charge is -2.09. The largest absolute Gasteiger partial charge is 0.325 e. The summed E-state index contributed by atoms with van der Waals surface area (Å²) < 4.78 is 0. The van der Waals surface area contributed by atoms with Crippen molar-refractivity contribution in [2.45, 2.75) is 6.42 Å². The van der Waals surface area contributed by atoms with E-state index in [0.29, 0.717) is 28.4 Å². The molecule has 126 valence electrons. The molecule has 1 aliphatic carbocycles. The Hall–Kier alpha value is -2.55. The zero-order valence-electron chi connectivity index (χ0n) is 12.9. The maximum Gasteiger partial charge on any atom is 0.228 e. The highest BCUT2D eigenvalue weighted by Crippen LogP contribution is 2.41. The van der Waals surface area contributed by atoms with Crippen LogP contribution in [0.5, 0.6) is 0 Å². The van der Waals surface area contributed by atoms with Crippen LogP contribution in [0.25, 0.3) is 0 Å². The Balaban J connectivity index is 1.62. The van der Waals surface area contributed by atoms with Gasteiger partial charge in [-0.1, -0.05) is 41.4 Å². The molecule has 2 atom stereocenters. The van der Waals surface area contributed by atoms with Crippen LogP contribution < -0.4 is 10.6 Å². The average molecular weight is 374 g/mol. The van der Waals surface area contributed by atoms with Gasteiger partial charge >= 0.3 is 0 Å². The zero-order chi connectivity index (χ0) is 18.0. The van der Waals surface area contributed by atoms with E-state index in [1.807, 2.05) is 6.07 Å². The summed E-state index contributed by atoms with van der Waals surface area (Å²) in [7, 11) is 0. The van der Waals surface area contributed by atoms with E-state index in [9.17, 15) is 9.59 Å². The Bertz CT molecular complexity index is 892. The number of anilines is 2. The van der Waals surface area contributed by atoms with Gasteiger partial charge in [0.25, 0.3) is 0 Å². The monoisotopic (exact) mass is 373 g/mol. The van der Waals surface area contributed by atoms with E-state index >= 15 is 0 Å². The predicted molar refractivity (Wildman–Crippen MR) is 96.5 cm³/mol. The highest BCUT2D eigenvalue weighted by atomic mass is 35.5. The standard InChI is InChI=1S/C18H13Cl2N3O2/c19-13-5-3-7-15(16(13)20)23-18(25)12-8-11(12)17(24)22-14-6-2-1-4-10(14)9-21/h1-7,11-12H,8H2,(H,22,24)(H,23,25). The second-order valence-corrected chi connectivity index (χ2v) is 6.47. The van der Waals surface area contributed by atoms with E-state index in [4.69, 9.17) is 28.5 Å². The van der Waals surface area contributed by atoms with Crippen molar-refractivity contribution in [1.82, 2.24) is 0 Å². The number of nitrogens with zero attached hydrogens (tertiary/aromatic N) is 1. The van der Waals surface area contributed by atoms with Crippen LogP contribution in [0.2, 0.25) is 10.0 Å². The molecule has 0 heterocycles. The number of hydrogen-bond acceptors (Lipinski definition) is 3. The first kappa shape index (κ1) is 17.3. The number of nitrogens with one attached hydrogen (secondary N) is 2. The molecule has 0 spiro atoms. The molecular weight excluding hydrogens is 361 g/mol. The van der Waals surface area contributed by atoms with E-state index in [0.717, 1.165) is 0 Å². The van der Waals surface area contributed by atoms with Gasteiger partial charge in [0.2, 0.25) is 11.8 Å². The summed E-state index contributed by atoms with van der Waals surface area (Å²) >= 11 is 12.0. The predicted octanol–water partition coefficient (Wildman–Crippen LogP) is 4.08. The number of hydrogen-bond donors (Lipinski definition) is 2. The third kappa shape index (κ3) is 3.76. The lowest BCUT2D eigenvalue weighted by Crippen LogP contribution is -2.21. The quantitative estimate of drug-likeness (QED) is 0.846. The van der Waals surface area contributed by atoms with Gasteiger partial charge in [-0.15, -0.1) is 0 Å². The molecule has 7 heteroatoms. The average Bonchev–Trinajstić information content (AvgIpc) is 3.40. The fourth-order valence-corrected chi connectivity index (χ4v) is 2.86. The lowest BCUT2D eigenvalue weighted by molar-refractivity contribution is -0.122. The van der Waals surface area contributed by atoms with Crippen molar-refractivity contribution >= 4 is 46.4 Å². The van der Waals surface area contributed by atoms with Crippen LogP contribution in [-0.2, 0) is 9.59 Å². The topological polar surface area (TPSA) is 82.0 Å². The van der Waals surface area contributed by atoms with Gasteiger partial charge in [0.1, 0.15) is 6.07 Å². The Morgan fingerprint density at radius 1 is 0.960 bits per heavy atom. The van der Waals surface area contributed by atoms with Gasteiger partial charge in [0.05, 0.1) is 38.8 Å². The van der Waals surface area contributed by atoms with E-state index in [1.165, 1.54) is 0 Å². The molecule has 2 amide bonds. The molecule has 2 aromatic rings. The minimum absolute atomic E-state index is 0.266. The third-order valence-electron chi connectivity index (χ3n) is 3.98. The van der Waals surface area contributed by atoms with Crippen molar-refractivity contribution < 1.29 is 9.59 Å². The fraction of sp³-hybridized carbons (Fsp3) is 0.167. The van der Waals surface area contributed by atoms with Gasteiger partial charge in [-0.05, 0) is 30.7 Å². The van der Waals surface area contributed by atoms with Crippen molar-refractivity contribution in [3.05, 3.63) is 58.1 Å². The number of carbonyl (C=O) groups is 2. The molecule has 0 radical (unpaired) electrons. The highest BCUT2D eigenvalue weighted by Gasteiger charge is 2.48. The SMILES string of the molecule is N#Cc1ccccc1NC(=O)C1CC1C(=O)Nc1cccc(Cl)c1Cl. The van der Waals surface area contributed by atoms with Crippen LogP contribution in [0.3, 0.4) is 0 Å². The van der Waals surface area contributed by atoms with Crippen LogP contribution in [0.4, 0.5) is 11.4 Å². The summed E-state index contributed by atoms with van der Waals surface area (Å²) in [6.45, 7) is 0. The van der Waals surface area contributed by atoms with E-state index < -0.39 is 11.8 Å². The molecule has 0 saturated heterocycles. The molecule has 5 nitrogen and oxygen atoms in total. The number of nitriles is 1. The van der Waals surface area contributed by atoms with Crippen LogP contribution >= 0.6 is 23.2 Å². The second-order valence-electron chi connectivity index (χ2n) is 5.69. The summed E-state index contributed by atoms with van der Waals surface area (Å²) in [6, 6.07) is 13.7. The zero-order valence-corrected chi connectivity index (χ0v) is 14.4. The number of para-hydroxylation sites is 1. The number of amides is 2. The summed E-state index contributed by atoms with van der Waals surface area (Å²) in [5.41, 5.74) is 1.24. The van der Waals surface area contributed by atoms with E-state index in [-0.39, 0.29) is 16.8 Å². The Morgan fingerprint density at radius 3 is 2.24 bits per heavy atom. The van der Waals surface area contributed by atoms with E-state index in [1.54, 1.807) is 42.5 Å². The van der Waals surface area contributed by atoms with Gasteiger partial charge in [0.15, 0.2) is 0 Å². The Labute approximate surface area is 154 Å². The molecule has 1 aliphatic rings. The highest BCUT2D eigenvalue weighted by molar-refractivity contribution is 6.44. The molecule has 2 unspecified atom stereocenters. The van der Waals surface area contributed by atoms with Crippen molar-refractivity contribution in [3.63, 3.8) is 0 Å². The first-order valence-corrected chi connectivity index (χ1v) is 8.31. The summed E-state index contributed by atoms with van der Waals surface area (Å²) in [6.07, 6.45) is 0.449. The van der Waals surface area contributed by atoms with Gasteiger partial charge < -0.3 is 10.6 Å². The summed E-state index contributed by atoms with van der Waals surface area (Å²) in [5.74, 6) is -1.41. The first-order chi connectivity index (χ1) is 12.0. The van der Waals surface area contributed by atoms with Crippen molar-refractivity contribution in [3.8, 4) is 6.07 Å². The molecule has 0 aliphatic heterocycles. The number of benzene rings is 2. The van der Waals surface area contributed by atoms with Crippen molar-refractivity contribution in [1.29, 1.82) is 5.26 Å². The smallest absolute Gasteiger partial charge is 0.228 e. The molecule has 2 aromatic carbocycles. The van der Waals surface area contributed by atoms with Gasteiger partial charge in [-0.3, -0.25) is 9.59 Å². The number of rotatable bonds is 4. The van der Waals surface area contributed by atoms with Crippen LogP contribution in [-0.4, -0.2) is 11.8 Å². The minimum Gasteiger partial charge on any atom is -0.325 e. The maximum atomic E-state index is 12.3. The van der Waals surface area contributed by atoms with Crippen LogP contribution in [0.15, 0.2) is 42.5 Å². The second kappa shape index (κ2) is 7.14. The molecule has 1 fully saturated rings. The Morgan fingerprint density at radius 2 is 1.56 bits per heavy atom. The number of halogens is 2. The van der Waals surface area contributed by atoms with Crippen molar-refractivity contribution in [2.75, 3.05) is 10.6 Å². The molecule has 25 heavy (non-hydrogen) atoms. The minimum atomic E-state index is -0.427. The summed E-state index contributed by atoms with van der Waals surface area (Å²) in [5, 5.41) is 15.1. The molecule has 0 bridgehead atoms. The molecule has 1 saturated carbocycles. The summed E-state index contributed by atoms with van der Waals surface area (Å²) in [4.78, 5) is 24.6. The van der Waals surface area contributed by atoms with Gasteiger partial charge in [0, 0.05) is 0 Å². The first-order valence-electron chi connectivity index (χ1n) is 7.56. The fourth-order valence-electron chi connectivity index (χ4n) is 2.52. The van der Waals surface area contributed by atoms with Gasteiger partial charge in [-0.25, -0.2) is 0 Å². The van der Waals surface area contributed by atoms with Crippen LogP contribution in [0, 0.1) is 23.2 Å². The van der Waals surface area contributed by atoms with Crippen LogP contribution in [0.1, 0.15) is 12.0 Å². The maximum absolute atomic E-state index is 12.3. The third-order valence-corrected chi connectivity index (χ3v) is 4.80. The number of carbonyl (C=O) groups excluding carboxylic acids is 2. The molecular formula is C18H13Cl2N3O2.